The van der Waals surface area contributed by atoms with Crippen molar-refractivity contribution in [2.45, 2.75) is 26.2 Å². The lowest BCUT2D eigenvalue weighted by molar-refractivity contribution is -0.384. The number of rotatable bonds is 4. The quantitative estimate of drug-likeness (QED) is 0.512. The van der Waals surface area contributed by atoms with E-state index < -0.39 is 10.9 Å². The highest BCUT2D eigenvalue weighted by molar-refractivity contribution is 5.97. The van der Waals surface area contributed by atoms with E-state index in [1.165, 1.54) is 6.20 Å². The summed E-state index contributed by atoms with van der Waals surface area (Å²) < 4.78 is 4.93. The molecule has 0 spiro atoms. The van der Waals surface area contributed by atoms with Crippen LogP contribution in [0.25, 0.3) is 0 Å². The highest BCUT2D eigenvalue weighted by Gasteiger charge is 2.30. The largest absolute Gasteiger partial charge is 0.461 e. The van der Waals surface area contributed by atoms with E-state index in [4.69, 9.17) is 4.74 Å². The van der Waals surface area contributed by atoms with Crippen molar-refractivity contribution >= 4 is 17.3 Å². The summed E-state index contributed by atoms with van der Waals surface area (Å²) in [6.07, 6.45) is 4.33. The van der Waals surface area contributed by atoms with Crippen LogP contribution in [0.1, 0.15) is 36.7 Å². The number of hydrogen-bond donors (Lipinski definition) is 1. The Hall–Kier alpha value is -2.05. The minimum absolute atomic E-state index is 0.0649. The van der Waals surface area contributed by atoms with Gasteiger partial charge in [-0.2, -0.15) is 0 Å². The van der Waals surface area contributed by atoms with Gasteiger partial charge in [0.05, 0.1) is 17.7 Å². The molecule has 0 unspecified atom stereocenters. The zero-order chi connectivity index (χ0) is 13.8. The average molecular weight is 267 g/mol. The fourth-order valence-corrected chi connectivity index (χ4v) is 2.34. The van der Waals surface area contributed by atoms with Crippen molar-refractivity contribution in [3.8, 4) is 0 Å². The van der Waals surface area contributed by atoms with Crippen LogP contribution < -0.4 is 4.90 Å². The molecule has 1 aliphatic rings. The van der Waals surface area contributed by atoms with Crippen LogP contribution in [0.5, 0.6) is 0 Å². The highest BCUT2D eigenvalue weighted by atomic mass is 16.6. The SMILES string of the molecule is CCOC(=O)c1[nH]cc([N+](=O)[O-])c1N1CCCCC1. The second-order valence-corrected chi connectivity index (χ2v) is 4.42. The molecule has 7 heteroatoms. The van der Waals surface area contributed by atoms with Gasteiger partial charge in [0, 0.05) is 13.1 Å². The highest BCUT2D eigenvalue weighted by Crippen LogP contribution is 2.34. The monoisotopic (exact) mass is 267 g/mol. The summed E-state index contributed by atoms with van der Waals surface area (Å²) >= 11 is 0. The van der Waals surface area contributed by atoms with E-state index >= 15 is 0 Å². The molecule has 2 heterocycles. The number of carbonyl (C=O) groups excluding carboxylic acids is 1. The van der Waals surface area contributed by atoms with Gasteiger partial charge in [0.1, 0.15) is 5.69 Å². The van der Waals surface area contributed by atoms with Gasteiger partial charge in [-0.3, -0.25) is 10.1 Å². The molecule has 104 valence electrons. The maximum Gasteiger partial charge on any atom is 0.357 e. The molecule has 0 aromatic carbocycles. The van der Waals surface area contributed by atoms with Gasteiger partial charge in [0.25, 0.3) is 0 Å². The maximum absolute atomic E-state index is 11.8. The van der Waals surface area contributed by atoms with Crippen molar-refractivity contribution in [1.82, 2.24) is 4.98 Å². The van der Waals surface area contributed by atoms with E-state index in [9.17, 15) is 14.9 Å². The second kappa shape index (κ2) is 5.73. The molecule has 0 aliphatic carbocycles. The van der Waals surface area contributed by atoms with Crippen molar-refractivity contribution in [3.05, 3.63) is 22.0 Å². The number of nitrogens with zero attached hydrogens (tertiary/aromatic N) is 2. The van der Waals surface area contributed by atoms with E-state index in [1.807, 2.05) is 4.90 Å². The van der Waals surface area contributed by atoms with Crippen LogP contribution in [0.4, 0.5) is 11.4 Å². The van der Waals surface area contributed by atoms with Gasteiger partial charge in [0.2, 0.25) is 0 Å². The van der Waals surface area contributed by atoms with Crippen molar-refractivity contribution in [2.75, 3.05) is 24.6 Å². The number of nitro groups is 1. The Bertz CT molecular complexity index is 477. The topological polar surface area (TPSA) is 88.5 Å². The van der Waals surface area contributed by atoms with E-state index in [2.05, 4.69) is 4.98 Å². The van der Waals surface area contributed by atoms with Crippen LogP contribution in [-0.2, 0) is 4.74 Å². The number of piperidine rings is 1. The summed E-state index contributed by atoms with van der Waals surface area (Å²) in [4.78, 5) is 27.0. The zero-order valence-corrected chi connectivity index (χ0v) is 10.8. The summed E-state index contributed by atoms with van der Waals surface area (Å²) in [6, 6.07) is 0. The molecule has 1 aromatic heterocycles. The minimum atomic E-state index is -0.545. The van der Waals surface area contributed by atoms with Gasteiger partial charge in [0.15, 0.2) is 5.69 Å². The van der Waals surface area contributed by atoms with Crippen LogP contribution in [0, 0.1) is 10.1 Å². The Morgan fingerprint density at radius 2 is 2.16 bits per heavy atom. The van der Waals surface area contributed by atoms with E-state index in [0.717, 1.165) is 32.4 Å². The molecule has 2 rings (SSSR count). The first-order chi connectivity index (χ1) is 9.15. The Kier molecular flexibility index (Phi) is 4.03. The number of H-pyrrole nitrogens is 1. The fourth-order valence-electron chi connectivity index (χ4n) is 2.34. The molecule has 0 bridgehead atoms. The van der Waals surface area contributed by atoms with Gasteiger partial charge >= 0.3 is 11.7 Å². The van der Waals surface area contributed by atoms with Crippen molar-refractivity contribution in [1.29, 1.82) is 0 Å². The van der Waals surface area contributed by atoms with Crippen LogP contribution in [0.15, 0.2) is 6.20 Å². The standard InChI is InChI=1S/C12H17N3O4/c1-2-19-12(16)10-11(9(8-13-10)15(17)18)14-6-4-3-5-7-14/h8,13H,2-7H2,1H3. The normalized spacial score (nSPS) is 15.3. The molecule has 0 amide bonds. The van der Waals surface area contributed by atoms with E-state index in [1.54, 1.807) is 6.92 Å². The van der Waals surface area contributed by atoms with Gasteiger partial charge < -0.3 is 14.6 Å². The first-order valence-electron chi connectivity index (χ1n) is 6.43. The summed E-state index contributed by atoms with van der Waals surface area (Å²) in [5, 5.41) is 11.1. The molecule has 0 saturated carbocycles. The van der Waals surface area contributed by atoms with Crippen molar-refractivity contribution in [3.63, 3.8) is 0 Å². The number of anilines is 1. The molecule has 0 atom stereocenters. The fraction of sp³-hybridized carbons (Fsp3) is 0.583. The van der Waals surface area contributed by atoms with E-state index in [0.29, 0.717) is 5.69 Å². The molecule has 1 fully saturated rings. The predicted octanol–water partition coefficient (Wildman–Crippen LogP) is 2.09. The van der Waals surface area contributed by atoms with Crippen molar-refractivity contribution in [2.24, 2.45) is 0 Å². The smallest absolute Gasteiger partial charge is 0.357 e. The third-order valence-corrected chi connectivity index (χ3v) is 3.18. The number of nitrogens with one attached hydrogen (secondary N) is 1. The predicted molar refractivity (Wildman–Crippen MR) is 69.5 cm³/mol. The van der Waals surface area contributed by atoms with Crippen LogP contribution in [-0.4, -0.2) is 35.6 Å². The van der Waals surface area contributed by atoms with Gasteiger partial charge in [-0.1, -0.05) is 0 Å². The molecule has 0 radical (unpaired) electrons. The van der Waals surface area contributed by atoms with Crippen LogP contribution >= 0.6 is 0 Å². The lowest BCUT2D eigenvalue weighted by Gasteiger charge is -2.27. The number of aromatic nitrogens is 1. The molecule has 1 N–H and O–H groups in total. The molecular weight excluding hydrogens is 250 g/mol. The summed E-state index contributed by atoms with van der Waals surface area (Å²) in [6.45, 7) is 3.40. The lowest BCUT2D eigenvalue weighted by atomic mass is 10.1. The Morgan fingerprint density at radius 1 is 1.47 bits per heavy atom. The Labute approximate surface area is 110 Å². The summed E-state index contributed by atoms with van der Waals surface area (Å²) in [5.41, 5.74) is 0.476. The second-order valence-electron chi connectivity index (χ2n) is 4.42. The molecule has 7 nitrogen and oxygen atoms in total. The number of esters is 1. The molecular formula is C12H17N3O4. The average Bonchev–Trinajstić information content (AvgIpc) is 2.85. The minimum Gasteiger partial charge on any atom is -0.461 e. The van der Waals surface area contributed by atoms with Crippen LogP contribution in [0.3, 0.4) is 0 Å². The van der Waals surface area contributed by atoms with Gasteiger partial charge in [-0.05, 0) is 26.2 Å². The molecule has 1 saturated heterocycles. The Morgan fingerprint density at radius 3 is 2.74 bits per heavy atom. The van der Waals surface area contributed by atoms with Crippen molar-refractivity contribution < 1.29 is 14.5 Å². The third kappa shape index (κ3) is 2.69. The Balaban J connectivity index is 2.37. The number of aromatic amines is 1. The maximum atomic E-state index is 11.8. The first-order valence-corrected chi connectivity index (χ1v) is 6.43. The van der Waals surface area contributed by atoms with E-state index in [-0.39, 0.29) is 18.0 Å². The number of ether oxygens (including phenoxy) is 1. The summed E-state index contributed by atoms with van der Waals surface area (Å²) in [5.74, 6) is -0.545. The number of carbonyl (C=O) groups is 1. The molecule has 1 aromatic rings. The molecule has 19 heavy (non-hydrogen) atoms. The number of hydrogen-bond acceptors (Lipinski definition) is 5. The zero-order valence-electron chi connectivity index (χ0n) is 10.8. The third-order valence-electron chi connectivity index (χ3n) is 3.18. The lowest BCUT2D eigenvalue weighted by Crippen LogP contribution is -2.31. The van der Waals surface area contributed by atoms with Gasteiger partial charge in [-0.25, -0.2) is 4.79 Å². The first kappa shape index (κ1) is 13.4. The summed E-state index contributed by atoms with van der Waals surface area (Å²) in [7, 11) is 0. The van der Waals surface area contributed by atoms with Gasteiger partial charge in [-0.15, -0.1) is 0 Å². The molecule has 1 aliphatic heterocycles. The van der Waals surface area contributed by atoms with Crippen LogP contribution in [0.2, 0.25) is 0 Å².